The molecule has 0 saturated heterocycles. The number of rotatable bonds is 2. The van der Waals surface area contributed by atoms with Crippen molar-refractivity contribution in [1.29, 1.82) is 0 Å². The van der Waals surface area contributed by atoms with Gasteiger partial charge in [0.15, 0.2) is 17.6 Å². The highest BCUT2D eigenvalue weighted by Crippen LogP contribution is 2.20. The third-order valence-electron chi connectivity index (χ3n) is 1.64. The topological polar surface area (TPSA) is 71.7 Å². The van der Waals surface area contributed by atoms with E-state index in [4.69, 9.17) is 14.4 Å². The molecule has 5 nitrogen and oxygen atoms in total. The van der Waals surface area contributed by atoms with E-state index in [1.54, 1.807) is 12.1 Å². The molecule has 1 atom stereocenters. The van der Waals surface area contributed by atoms with Crippen LogP contribution in [0.3, 0.4) is 0 Å². The van der Waals surface area contributed by atoms with Crippen molar-refractivity contribution in [2.24, 2.45) is 0 Å². The van der Waals surface area contributed by atoms with E-state index >= 15 is 0 Å². The van der Waals surface area contributed by atoms with Crippen LogP contribution in [0.5, 0.6) is 0 Å². The van der Waals surface area contributed by atoms with Crippen LogP contribution in [-0.4, -0.2) is 17.1 Å². The van der Waals surface area contributed by atoms with Gasteiger partial charge in [-0.05, 0) is 18.2 Å². The van der Waals surface area contributed by atoms with Crippen LogP contribution in [0.2, 0.25) is 0 Å². The molecule has 0 radical (unpaired) electrons. The molecule has 1 aliphatic heterocycles. The summed E-state index contributed by atoms with van der Waals surface area (Å²) in [6, 6.07) is 2.59. The molecule has 0 spiro atoms. The highest BCUT2D eigenvalue weighted by atomic mass is 16.7. The maximum atomic E-state index is 10.5. The lowest BCUT2D eigenvalue weighted by Crippen LogP contribution is -2.29. The van der Waals surface area contributed by atoms with Crippen molar-refractivity contribution >= 4 is 11.7 Å². The van der Waals surface area contributed by atoms with E-state index in [0.29, 0.717) is 11.5 Å². The fraction of sp³-hybridized carbons (Fsp3) is 0.125. The van der Waals surface area contributed by atoms with Crippen molar-refractivity contribution in [2.75, 3.05) is 0 Å². The normalized spacial score (nSPS) is 20.9. The third kappa shape index (κ3) is 1.41. The molecule has 1 aromatic heterocycles. The van der Waals surface area contributed by atoms with Gasteiger partial charge in [-0.1, -0.05) is 0 Å². The van der Waals surface area contributed by atoms with Crippen molar-refractivity contribution in [3.8, 4) is 0 Å². The molecule has 2 heterocycles. The number of hydrogen-bond acceptors (Lipinski definition) is 4. The summed E-state index contributed by atoms with van der Waals surface area (Å²) in [6.07, 6.45) is 2.94. The largest absolute Gasteiger partial charge is 0.480 e. The minimum absolute atomic E-state index is 0.400. The quantitative estimate of drug-likeness (QED) is 0.699. The van der Waals surface area contributed by atoms with E-state index in [0.717, 1.165) is 0 Å². The summed E-state index contributed by atoms with van der Waals surface area (Å²) in [6.45, 7) is 0. The van der Waals surface area contributed by atoms with Gasteiger partial charge in [-0.2, -0.15) is 0 Å². The van der Waals surface area contributed by atoms with Gasteiger partial charge in [0.2, 0.25) is 0 Å². The molecular weight excluding hydrogens is 174 g/mol. The second-order valence-corrected chi connectivity index (χ2v) is 2.54. The predicted octanol–water partition coefficient (Wildman–Crippen LogP) is 0.608. The Bertz CT molecular complexity index is 341. The zero-order valence-corrected chi connectivity index (χ0v) is 6.56. The van der Waals surface area contributed by atoms with Crippen LogP contribution in [0.4, 0.5) is 0 Å². The average molecular weight is 181 g/mol. The van der Waals surface area contributed by atoms with Crippen molar-refractivity contribution < 1.29 is 19.2 Å². The summed E-state index contributed by atoms with van der Waals surface area (Å²) < 4.78 is 5.02. The molecule has 0 aromatic carbocycles. The molecule has 1 aliphatic rings. The van der Waals surface area contributed by atoms with Gasteiger partial charge < -0.3 is 14.4 Å². The zero-order chi connectivity index (χ0) is 9.26. The molecule has 1 aromatic rings. The smallest absolute Gasteiger partial charge is 0.328 e. The summed E-state index contributed by atoms with van der Waals surface area (Å²) in [5.41, 5.74) is 2.34. The number of nitrogens with one attached hydrogen (secondary N) is 1. The number of carboxylic acids is 1. The summed E-state index contributed by atoms with van der Waals surface area (Å²) in [5.74, 6) is -0.0739. The summed E-state index contributed by atoms with van der Waals surface area (Å²) in [4.78, 5) is 15.4. The van der Waals surface area contributed by atoms with Gasteiger partial charge in [-0.3, -0.25) is 4.79 Å². The number of carboxylic acid groups (broad SMARTS) is 1. The first-order chi connectivity index (χ1) is 6.27. The Morgan fingerprint density at radius 1 is 1.62 bits per heavy atom. The second-order valence-electron chi connectivity index (χ2n) is 2.54. The molecule has 2 rings (SSSR count). The molecule has 2 N–H and O–H groups in total. The molecule has 5 heteroatoms. The first-order valence-corrected chi connectivity index (χ1v) is 3.68. The van der Waals surface area contributed by atoms with Crippen molar-refractivity contribution in [2.45, 2.75) is 6.04 Å². The molecule has 68 valence electrons. The molecule has 0 amide bonds. The Labute approximate surface area is 73.6 Å². The highest BCUT2D eigenvalue weighted by Gasteiger charge is 2.25. The van der Waals surface area contributed by atoms with Crippen molar-refractivity contribution in [1.82, 2.24) is 5.48 Å². The molecule has 0 saturated carbocycles. The summed E-state index contributed by atoms with van der Waals surface area (Å²) in [7, 11) is 0. The molecular formula is C8H7NO4. The molecule has 1 unspecified atom stereocenters. The number of carbonyl (C=O) groups is 1. The fourth-order valence-corrected chi connectivity index (χ4v) is 1.02. The van der Waals surface area contributed by atoms with Crippen LogP contribution >= 0.6 is 0 Å². The van der Waals surface area contributed by atoms with Crippen LogP contribution in [-0.2, 0) is 9.63 Å². The molecule has 13 heavy (non-hydrogen) atoms. The van der Waals surface area contributed by atoms with E-state index < -0.39 is 12.0 Å². The lowest BCUT2D eigenvalue weighted by atomic mass is 10.2. The van der Waals surface area contributed by atoms with Crippen LogP contribution < -0.4 is 5.48 Å². The molecule has 0 bridgehead atoms. The summed E-state index contributed by atoms with van der Waals surface area (Å²) in [5, 5.41) is 8.61. The van der Waals surface area contributed by atoms with Crippen LogP contribution in [0.15, 0.2) is 28.9 Å². The van der Waals surface area contributed by atoms with Gasteiger partial charge in [0.05, 0.1) is 6.26 Å². The Morgan fingerprint density at radius 2 is 2.46 bits per heavy atom. The van der Waals surface area contributed by atoms with E-state index in [1.807, 2.05) is 0 Å². The van der Waals surface area contributed by atoms with Gasteiger partial charge in [0.1, 0.15) is 0 Å². The van der Waals surface area contributed by atoms with Crippen molar-refractivity contribution in [3.63, 3.8) is 0 Å². The van der Waals surface area contributed by atoms with E-state index in [2.05, 4.69) is 5.48 Å². The van der Waals surface area contributed by atoms with Gasteiger partial charge in [0.25, 0.3) is 0 Å². The fourth-order valence-electron chi connectivity index (χ4n) is 1.02. The van der Waals surface area contributed by atoms with Crippen LogP contribution in [0, 0.1) is 0 Å². The Kier molecular flexibility index (Phi) is 1.79. The zero-order valence-electron chi connectivity index (χ0n) is 6.56. The van der Waals surface area contributed by atoms with Gasteiger partial charge in [-0.25, -0.2) is 0 Å². The standard InChI is InChI=1S/C8H7NO4/c10-8(11)5-4-7(13-9-5)6-2-1-3-12-6/h1-5,9H,(H,10,11). The average Bonchev–Trinajstić information content (AvgIpc) is 2.75. The SMILES string of the molecule is O=C(O)C1C=C(c2ccco2)ON1. The molecule has 0 fully saturated rings. The Hall–Kier alpha value is -1.75. The van der Waals surface area contributed by atoms with E-state index in [9.17, 15) is 4.79 Å². The highest BCUT2D eigenvalue weighted by molar-refractivity contribution is 5.79. The lowest BCUT2D eigenvalue weighted by molar-refractivity contribution is -0.139. The van der Waals surface area contributed by atoms with E-state index in [-0.39, 0.29) is 0 Å². The van der Waals surface area contributed by atoms with E-state index in [1.165, 1.54) is 12.3 Å². The first-order valence-electron chi connectivity index (χ1n) is 3.68. The monoisotopic (exact) mass is 181 g/mol. The number of aliphatic carboxylic acids is 1. The minimum atomic E-state index is -0.985. The van der Waals surface area contributed by atoms with Crippen LogP contribution in [0.25, 0.3) is 5.76 Å². The maximum Gasteiger partial charge on any atom is 0.328 e. The Balaban J connectivity index is 2.20. The maximum absolute atomic E-state index is 10.5. The lowest BCUT2D eigenvalue weighted by Gasteiger charge is -2.00. The minimum Gasteiger partial charge on any atom is -0.480 e. The molecule has 0 aliphatic carbocycles. The predicted molar refractivity (Wildman–Crippen MR) is 42.3 cm³/mol. The van der Waals surface area contributed by atoms with Gasteiger partial charge >= 0.3 is 5.97 Å². The Morgan fingerprint density at radius 3 is 3.00 bits per heavy atom. The van der Waals surface area contributed by atoms with Gasteiger partial charge in [-0.15, -0.1) is 5.48 Å². The number of hydrogen-bond donors (Lipinski definition) is 2. The van der Waals surface area contributed by atoms with Crippen LogP contribution in [0.1, 0.15) is 5.76 Å². The number of furan rings is 1. The third-order valence-corrected chi connectivity index (χ3v) is 1.64. The second kappa shape index (κ2) is 2.95. The van der Waals surface area contributed by atoms with Gasteiger partial charge in [0, 0.05) is 0 Å². The summed E-state index contributed by atoms with van der Waals surface area (Å²) >= 11 is 0. The first kappa shape index (κ1) is 7.88. The van der Waals surface area contributed by atoms with Crippen molar-refractivity contribution in [3.05, 3.63) is 30.2 Å². The number of hydroxylamine groups is 1.